The van der Waals surface area contributed by atoms with Crippen LogP contribution in [0.3, 0.4) is 0 Å². The number of aromatic nitrogens is 2. The van der Waals surface area contributed by atoms with E-state index in [-0.39, 0.29) is 0 Å². The van der Waals surface area contributed by atoms with Crippen LogP contribution < -0.4 is 0 Å². The largest absolute Gasteiger partial charge is 0.238 e. The highest BCUT2D eigenvalue weighted by molar-refractivity contribution is 5.27. The van der Waals surface area contributed by atoms with Crippen molar-refractivity contribution in [3.8, 4) is 0 Å². The zero-order valence-corrected chi connectivity index (χ0v) is 11.8. The van der Waals surface area contributed by atoms with Crippen molar-refractivity contribution in [3.05, 3.63) is 22.8 Å². The third kappa shape index (κ3) is 3.79. The molecule has 0 aliphatic heterocycles. The van der Waals surface area contributed by atoms with Gasteiger partial charge in [0, 0.05) is 17.8 Å². The highest BCUT2D eigenvalue weighted by atomic mass is 14.9. The zero-order chi connectivity index (χ0) is 12.7. The van der Waals surface area contributed by atoms with Gasteiger partial charge in [-0.3, -0.25) is 0 Å². The Kier molecular flexibility index (Phi) is 6.17. The molecule has 0 saturated carbocycles. The van der Waals surface area contributed by atoms with Crippen LogP contribution in [0.2, 0.25) is 0 Å². The molecule has 96 valence electrons. The van der Waals surface area contributed by atoms with Crippen molar-refractivity contribution in [2.75, 3.05) is 0 Å². The molecule has 2 nitrogen and oxygen atoms in total. The van der Waals surface area contributed by atoms with Gasteiger partial charge in [0.1, 0.15) is 5.82 Å². The molecule has 0 atom stereocenters. The van der Waals surface area contributed by atoms with Crippen molar-refractivity contribution in [1.82, 2.24) is 9.97 Å². The summed E-state index contributed by atoms with van der Waals surface area (Å²) in [6.07, 6.45) is 7.73. The van der Waals surface area contributed by atoms with Crippen LogP contribution in [0.1, 0.15) is 69.7 Å². The zero-order valence-electron chi connectivity index (χ0n) is 11.8. The fraction of sp³-hybridized carbons (Fsp3) is 0.733. The summed E-state index contributed by atoms with van der Waals surface area (Å²) in [5.41, 5.74) is 4.02. The Hall–Kier alpha value is -0.920. The summed E-state index contributed by atoms with van der Waals surface area (Å²) in [5.74, 6) is 1.05. The van der Waals surface area contributed by atoms with E-state index < -0.39 is 0 Å². The van der Waals surface area contributed by atoms with Gasteiger partial charge < -0.3 is 0 Å². The molecule has 1 rings (SSSR count). The minimum Gasteiger partial charge on any atom is -0.238 e. The molecule has 0 amide bonds. The van der Waals surface area contributed by atoms with Gasteiger partial charge in [-0.25, -0.2) is 9.97 Å². The average molecular weight is 234 g/mol. The SMILES string of the molecule is CCCc1nc(CCC)c(CC)c(CCC)n1. The van der Waals surface area contributed by atoms with Crippen molar-refractivity contribution in [3.63, 3.8) is 0 Å². The maximum atomic E-state index is 4.75. The molecule has 2 heteroatoms. The van der Waals surface area contributed by atoms with Crippen molar-refractivity contribution in [2.45, 2.75) is 72.6 Å². The molecule has 0 radical (unpaired) electrons. The van der Waals surface area contributed by atoms with Crippen LogP contribution in [0.15, 0.2) is 0 Å². The molecule has 0 aliphatic carbocycles. The molecule has 0 unspecified atom stereocenters. The summed E-state index contributed by atoms with van der Waals surface area (Å²) in [6, 6.07) is 0. The first-order valence-electron chi connectivity index (χ1n) is 7.14. The standard InChI is InChI=1S/C15H26N2/c1-5-9-13-12(8-4)14(10-6-2)17-15(16-13)11-7-3/h5-11H2,1-4H3. The van der Waals surface area contributed by atoms with Gasteiger partial charge in [-0.15, -0.1) is 0 Å². The van der Waals surface area contributed by atoms with E-state index in [0.717, 1.165) is 37.9 Å². The van der Waals surface area contributed by atoms with E-state index in [0.29, 0.717) is 0 Å². The average Bonchev–Trinajstić information content (AvgIpc) is 2.30. The summed E-state index contributed by atoms with van der Waals surface area (Å²) in [6.45, 7) is 8.85. The van der Waals surface area contributed by atoms with E-state index in [1.807, 2.05) is 0 Å². The Balaban J connectivity index is 3.14. The fourth-order valence-electron chi connectivity index (χ4n) is 2.27. The molecule has 0 aliphatic rings. The maximum Gasteiger partial charge on any atom is 0.128 e. The Labute approximate surface area is 106 Å². The first-order chi connectivity index (χ1) is 8.26. The van der Waals surface area contributed by atoms with E-state index in [4.69, 9.17) is 9.97 Å². The molecule has 17 heavy (non-hydrogen) atoms. The lowest BCUT2D eigenvalue weighted by Gasteiger charge is -2.13. The number of aryl methyl sites for hydroxylation is 3. The number of nitrogens with zero attached hydrogens (tertiary/aromatic N) is 2. The molecule has 1 aromatic heterocycles. The van der Waals surface area contributed by atoms with E-state index in [1.165, 1.54) is 29.8 Å². The van der Waals surface area contributed by atoms with Gasteiger partial charge in [0.2, 0.25) is 0 Å². The summed E-state index contributed by atoms with van der Waals surface area (Å²) in [5, 5.41) is 0. The highest BCUT2D eigenvalue weighted by Gasteiger charge is 2.11. The lowest BCUT2D eigenvalue weighted by Crippen LogP contribution is -2.09. The van der Waals surface area contributed by atoms with Crippen LogP contribution in [-0.4, -0.2) is 9.97 Å². The van der Waals surface area contributed by atoms with Gasteiger partial charge in [-0.2, -0.15) is 0 Å². The summed E-state index contributed by atoms with van der Waals surface area (Å²) < 4.78 is 0. The van der Waals surface area contributed by atoms with Crippen LogP contribution in [0.25, 0.3) is 0 Å². The Morgan fingerprint density at radius 1 is 0.706 bits per heavy atom. The normalized spacial score (nSPS) is 10.8. The van der Waals surface area contributed by atoms with Crippen LogP contribution in [0.4, 0.5) is 0 Å². The van der Waals surface area contributed by atoms with Gasteiger partial charge in [0.15, 0.2) is 0 Å². The van der Waals surface area contributed by atoms with E-state index in [1.54, 1.807) is 0 Å². The molecule has 0 spiro atoms. The Morgan fingerprint density at radius 3 is 1.53 bits per heavy atom. The first kappa shape index (κ1) is 14.1. The molecule has 0 aromatic carbocycles. The van der Waals surface area contributed by atoms with E-state index in [9.17, 15) is 0 Å². The molecule has 0 saturated heterocycles. The minimum atomic E-state index is 1.01. The predicted molar refractivity (Wildman–Crippen MR) is 73.4 cm³/mol. The van der Waals surface area contributed by atoms with Crippen LogP contribution in [0, 0.1) is 0 Å². The molecule has 0 fully saturated rings. The first-order valence-corrected chi connectivity index (χ1v) is 7.14. The van der Waals surface area contributed by atoms with Crippen molar-refractivity contribution >= 4 is 0 Å². The second-order valence-electron chi connectivity index (χ2n) is 4.62. The number of rotatable bonds is 7. The maximum absolute atomic E-state index is 4.75. The number of hydrogen-bond donors (Lipinski definition) is 0. The Morgan fingerprint density at radius 2 is 1.18 bits per heavy atom. The van der Waals surface area contributed by atoms with E-state index >= 15 is 0 Å². The molecule has 0 bridgehead atoms. The third-order valence-corrected chi connectivity index (χ3v) is 3.03. The van der Waals surface area contributed by atoms with Crippen molar-refractivity contribution in [1.29, 1.82) is 0 Å². The molecule has 1 aromatic rings. The van der Waals surface area contributed by atoms with Crippen molar-refractivity contribution < 1.29 is 0 Å². The van der Waals surface area contributed by atoms with Gasteiger partial charge in [-0.05, 0) is 31.2 Å². The predicted octanol–water partition coefficient (Wildman–Crippen LogP) is 3.90. The molecule has 1 heterocycles. The van der Waals surface area contributed by atoms with Crippen LogP contribution >= 0.6 is 0 Å². The lowest BCUT2D eigenvalue weighted by atomic mass is 10.0. The smallest absolute Gasteiger partial charge is 0.128 e. The van der Waals surface area contributed by atoms with Gasteiger partial charge in [0.25, 0.3) is 0 Å². The van der Waals surface area contributed by atoms with Gasteiger partial charge in [-0.1, -0.05) is 40.5 Å². The molecule has 0 N–H and O–H groups in total. The Bertz CT molecular complexity index is 318. The third-order valence-electron chi connectivity index (χ3n) is 3.03. The summed E-state index contributed by atoms with van der Waals surface area (Å²) in [4.78, 5) is 9.51. The number of hydrogen-bond acceptors (Lipinski definition) is 2. The van der Waals surface area contributed by atoms with Crippen molar-refractivity contribution in [2.24, 2.45) is 0 Å². The van der Waals surface area contributed by atoms with Gasteiger partial charge >= 0.3 is 0 Å². The van der Waals surface area contributed by atoms with Crippen LogP contribution in [0.5, 0.6) is 0 Å². The van der Waals surface area contributed by atoms with E-state index in [2.05, 4.69) is 27.7 Å². The summed E-state index contributed by atoms with van der Waals surface area (Å²) in [7, 11) is 0. The quantitative estimate of drug-likeness (QED) is 0.715. The monoisotopic (exact) mass is 234 g/mol. The topological polar surface area (TPSA) is 25.8 Å². The van der Waals surface area contributed by atoms with Gasteiger partial charge in [0.05, 0.1) is 0 Å². The molecular formula is C15H26N2. The second kappa shape index (κ2) is 7.41. The highest BCUT2D eigenvalue weighted by Crippen LogP contribution is 2.17. The fourth-order valence-corrected chi connectivity index (χ4v) is 2.27. The second-order valence-corrected chi connectivity index (χ2v) is 4.62. The van der Waals surface area contributed by atoms with Crippen LogP contribution in [-0.2, 0) is 25.7 Å². The summed E-state index contributed by atoms with van der Waals surface area (Å²) >= 11 is 0. The lowest BCUT2D eigenvalue weighted by molar-refractivity contribution is 0.738. The minimum absolute atomic E-state index is 1.01. The molecular weight excluding hydrogens is 208 g/mol.